The van der Waals surface area contributed by atoms with Crippen LogP contribution in [-0.2, 0) is 4.74 Å². The molecule has 2 atom stereocenters. The fourth-order valence-corrected chi connectivity index (χ4v) is 2.53. The van der Waals surface area contributed by atoms with Crippen LogP contribution in [0.3, 0.4) is 0 Å². The molecular formula is C16H27NO2. The van der Waals surface area contributed by atoms with E-state index in [0.29, 0.717) is 0 Å². The van der Waals surface area contributed by atoms with Crippen molar-refractivity contribution in [3.8, 4) is 5.75 Å². The lowest BCUT2D eigenvalue weighted by Crippen LogP contribution is -2.33. The Balaban J connectivity index is 3.25. The van der Waals surface area contributed by atoms with Crippen LogP contribution in [0.5, 0.6) is 5.75 Å². The van der Waals surface area contributed by atoms with Crippen LogP contribution in [0, 0.1) is 13.8 Å². The van der Waals surface area contributed by atoms with E-state index in [1.807, 2.05) is 0 Å². The highest BCUT2D eigenvalue weighted by molar-refractivity contribution is 5.47. The number of hydrogen-bond donors (Lipinski definition) is 1. The third-order valence-electron chi connectivity index (χ3n) is 3.75. The fraction of sp³-hybridized carbons (Fsp3) is 0.625. The Hall–Kier alpha value is -1.06. The molecule has 108 valence electrons. The Bertz CT molecular complexity index is 400. The van der Waals surface area contributed by atoms with Crippen molar-refractivity contribution in [3.05, 3.63) is 28.8 Å². The van der Waals surface area contributed by atoms with Gasteiger partial charge in [-0.3, -0.25) is 0 Å². The van der Waals surface area contributed by atoms with Crippen molar-refractivity contribution < 1.29 is 9.47 Å². The number of aryl methyl sites for hydroxylation is 1. The molecule has 1 aromatic carbocycles. The fourth-order valence-electron chi connectivity index (χ4n) is 2.53. The lowest BCUT2D eigenvalue weighted by molar-refractivity contribution is 0.0647. The number of ether oxygens (including phenoxy) is 2. The second-order valence-electron chi connectivity index (χ2n) is 4.85. The quantitative estimate of drug-likeness (QED) is 0.819. The van der Waals surface area contributed by atoms with Crippen LogP contribution in [0.4, 0.5) is 0 Å². The Morgan fingerprint density at radius 1 is 1.16 bits per heavy atom. The van der Waals surface area contributed by atoms with Crippen molar-refractivity contribution in [2.24, 2.45) is 0 Å². The van der Waals surface area contributed by atoms with E-state index in [2.05, 4.69) is 45.1 Å². The standard InChI is InChI=1S/C16H27NO2/c1-7-14(18-5)15(17-8-2)13-10-9-11(3)12(4)16(13)19-6/h9-10,14-15,17H,7-8H2,1-6H3. The second kappa shape index (κ2) is 7.51. The van der Waals surface area contributed by atoms with Gasteiger partial charge in [0.15, 0.2) is 0 Å². The van der Waals surface area contributed by atoms with Crippen LogP contribution in [0.25, 0.3) is 0 Å². The SMILES string of the molecule is CCNC(c1ccc(C)c(C)c1OC)C(CC)OC. The van der Waals surface area contributed by atoms with Gasteiger partial charge in [-0.05, 0) is 37.9 Å². The lowest BCUT2D eigenvalue weighted by atomic mass is 9.94. The zero-order valence-corrected chi connectivity index (χ0v) is 13.0. The largest absolute Gasteiger partial charge is 0.496 e. The van der Waals surface area contributed by atoms with E-state index in [0.717, 1.165) is 18.7 Å². The maximum Gasteiger partial charge on any atom is 0.126 e. The Morgan fingerprint density at radius 3 is 2.32 bits per heavy atom. The molecule has 1 aromatic rings. The summed E-state index contributed by atoms with van der Waals surface area (Å²) in [5.41, 5.74) is 3.64. The van der Waals surface area contributed by atoms with Crippen LogP contribution in [0.2, 0.25) is 0 Å². The normalized spacial score (nSPS) is 14.2. The molecule has 2 unspecified atom stereocenters. The summed E-state index contributed by atoms with van der Waals surface area (Å²) in [6.45, 7) is 9.38. The van der Waals surface area contributed by atoms with Gasteiger partial charge in [0.1, 0.15) is 5.75 Å². The van der Waals surface area contributed by atoms with Gasteiger partial charge in [-0.1, -0.05) is 26.0 Å². The average molecular weight is 265 g/mol. The van der Waals surface area contributed by atoms with E-state index >= 15 is 0 Å². The summed E-state index contributed by atoms with van der Waals surface area (Å²) in [4.78, 5) is 0. The van der Waals surface area contributed by atoms with Crippen molar-refractivity contribution in [3.63, 3.8) is 0 Å². The first-order chi connectivity index (χ1) is 9.10. The minimum Gasteiger partial charge on any atom is -0.496 e. The zero-order chi connectivity index (χ0) is 14.4. The highest BCUT2D eigenvalue weighted by atomic mass is 16.5. The highest BCUT2D eigenvalue weighted by Gasteiger charge is 2.24. The summed E-state index contributed by atoms with van der Waals surface area (Å²) >= 11 is 0. The molecule has 0 fully saturated rings. The average Bonchev–Trinajstić information content (AvgIpc) is 2.42. The topological polar surface area (TPSA) is 30.5 Å². The predicted octanol–water partition coefficient (Wildman–Crippen LogP) is 3.39. The van der Waals surface area contributed by atoms with Crippen molar-refractivity contribution in [2.45, 2.75) is 46.3 Å². The molecule has 3 nitrogen and oxygen atoms in total. The van der Waals surface area contributed by atoms with E-state index < -0.39 is 0 Å². The molecule has 0 radical (unpaired) electrons. The summed E-state index contributed by atoms with van der Waals surface area (Å²) in [6.07, 6.45) is 1.11. The van der Waals surface area contributed by atoms with Gasteiger partial charge in [-0.2, -0.15) is 0 Å². The first kappa shape index (κ1) is 16.0. The minimum atomic E-state index is 0.149. The molecule has 19 heavy (non-hydrogen) atoms. The molecule has 1 rings (SSSR count). The highest BCUT2D eigenvalue weighted by Crippen LogP contribution is 2.33. The van der Waals surface area contributed by atoms with Gasteiger partial charge in [0, 0.05) is 12.7 Å². The third-order valence-corrected chi connectivity index (χ3v) is 3.75. The number of methoxy groups -OCH3 is 2. The summed E-state index contributed by atoms with van der Waals surface area (Å²) in [5, 5.41) is 3.52. The summed E-state index contributed by atoms with van der Waals surface area (Å²) in [7, 11) is 3.51. The maximum absolute atomic E-state index is 5.63. The smallest absolute Gasteiger partial charge is 0.126 e. The first-order valence-electron chi connectivity index (χ1n) is 7.00. The summed E-state index contributed by atoms with van der Waals surface area (Å²) in [5.74, 6) is 0.974. The molecule has 0 aromatic heterocycles. The van der Waals surface area contributed by atoms with Crippen LogP contribution >= 0.6 is 0 Å². The summed E-state index contributed by atoms with van der Waals surface area (Å²) in [6, 6.07) is 4.46. The van der Waals surface area contributed by atoms with Crippen LogP contribution in [0.1, 0.15) is 43.0 Å². The van der Waals surface area contributed by atoms with Gasteiger partial charge >= 0.3 is 0 Å². The van der Waals surface area contributed by atoms with Crippen LogP contribution < -0.4 is 10.1 Å². The molecular weight excluding hydrogens is 238 g/mol. The van der Waals surface area contributed by atoms with Gasteiger partial charge in [-0.15, -0.1) is 0 Å². The van der Waals surface area contributed by atoms with Crippen molar-refractivity contribution in [2.75, 3.05) is 20.8 Å². The van der Waals surface area contributed by atoms with Gasteiger partial charge < -0.3 is 14.8 Å². The Kier molecular flexibility index (Phi) is 6.32. The Morgan fingerprint density at radius 2 is 1.84 bits per heavy atom. The second-order valence-corrected chi connectivity index (χ2v) is 4.85. The molecule has 0 spiro atoms. The van der Waals surface area contributed by atoms with Crippen molar-refractivity contribution >= 4 is 0 Å². The molecule has 0 aliphatic carbocycles. The van der Waals surface area contributed by atoms with Gasteiger partial charge in [-0.25, -0.2) is 0 Å². The Labute approximate surface area is 117 Å². The monoisotopic (exact) mass is 265 g/mol. The van der Waals surface area contributed by atoms with E-state index in [1.54, 1.807) is 14.2 Å². The molecule has 0 heterocycles. The maximum atomic E-state index is 5.63. The molecule has 0 amide bonds. The molecule has 0 aliphatic rings. The lowest BCUT2D eigenvalue weighted by Gasteiger charge is -2.28. The number of hydrogen-bond acceptors (Lipinski definition) is 3. The van der Waals surface area contributed by atoms with E-state index in [-0.39, 0.29) is 12.1 Å². The molecule has 0 bridgehead atoms. The summed E-state index contributed by atoms with van der Waals surface area (Å²) < 4.78 is 11.2. The van der Waals surface area contributed by atoms with Crippen molar-refractivity contribution in [1.82, 2.24) is 5.32 Å². The zero-order valence-electron chi connectivity index (χ0n) is 13.0. The van der Waals surface area contributed by atoms with E-state index in [1.165, 1.54) is 16.7 Å². The van der Waals surface area contributed by atoms with Crippen LogP contribution in [0.15, 0.2) is 12.1 Å². The molecule has 1 N–H and O–H groups in total. The molecule has 3 heteroatoms. The van der Waals surface area contributed by atoms with E-state index in [4.69, 9.17) is 9.47 Å². The first-order valence-corrected chi connectivity index (χ1v) is 7.00. The number of rotatable bonds is 7. The molecule has 0 saturated heterocycles. The third kappa shape index (κ3) is 3.48. The molecule has 0 saturated carbocycles. The van der Waals surface area contributed by atoms with Gasteiger partial charge in [0.2, 0.25) is 0 Å². The number of benzene rings is 1. The van der Waals surface area contributed by atoms with E-state index in [9.17, 15) is 0 Å². The minimum absolute atomic E-state index is 0.149. The van der Waals surface area contributed by atoms with Crippen molar-refractivity contribution in [1.29, 1.82) is 0 Å². The van der Waals surface area contributed by atoms with Crippen LogP contribution in [-0.4, -0.2) is 26.9 Å². The van der Waals surface area contributed by atoms with Gasteiger partial charge in [0.25, 0.3) is 0 Å². The van der Waals surface area contributed by atoms with Gasteiger partial charge in [0.05, 0.1) is 19.3 Å². The number of nitrogens with one attached hydrogen (secondary N) is 1. The predicted molar refractivity (Wildman–Crippen MR) is 80.0 cm³/mol. The number of likely N-dealkylation sites (N-methyl/N-ethyl adjacent to an activating group) is 1. The molecule has 0 aliphatic heterocycles.